The minimum atomic E-state index is 0.0245. The zero-order valence-corrected chi connectivity index (χ0v) is 11.9. The quantitative estimate of drug-likeness (QED) is 0.324. The Bertz CT molecular complexity index is 254. The van der Waals surface area contributed by atoms with Crippen LogP contribution >= 0.6 is 0 Å². The van der Waals surface area contributed by atoms with Gasteiger partial charge in [-0.1, -0.05) is 13.8 Å². The van der Waals surface area contributed by atoms with E-state index in [9.17, 15) is 4.79 Å². The van der Waals surface area contributed by atoms with Crippen molar-refractivity contribution in [3.05, 3.63) is 0 Å². The summed E-state index contributed by atoms with van der Waals surface area (Å²) in [5.41, 5.74) is 0. The zero-order chi connectivity index (χ0) is 13.8. The first-order valence-electron chi connectivity index (χ1n) is 6.33. The lowest BCUT2D eigenvalue weighted by Gasteiger charge is -2.12. The molecule has 0 heterocycles. The largest absolute Gasteiger partial charge is 0.385 e. The predicted octanol–water partition coefficient (Wildman–Crippen LogP) is -0.0399. The third kappa shape index (κ3) is 8.81. The highest BCUT2D eigenvalue weighted by Gasteiger charge is 2.04. The maximum atomic E-state index is 11.3. The van der Waals surface area contributed by atoms with Crippen molar-refractivity contribution in [2.45, 2.75) is 20.3 Å². The highest BCUT2D eigenvalue weighted by atomic mass is 16.5. The molecule has 0 aromatic carbocycles. The summed E-state index contributed by atoms with van der Waals surface area (Å²) in [6.07, 6.45) is 0.932. The van der Waals surface area contributed by atoms with Crippen LogP contribution in [0, 0.1) is 5.92 Å². The van der Waals surface area contributed by atoms with Crippen LogP contribution in [-0.4, -0.2) is 52.3 Å². The van der Waals surface area contributed by atoms with Crippen LogP contribution in [0.2, 0.25) is 0 Å². The fraction of sp³-hybridized carbons (Fsp3) is 0.833. The molecule has 0 aliphatic carbocycles. The summed E-state index contributed by atoms with van der Waals surface area (Å²) in [6.45, 7) is 6.54. The normalized spacial score (nSPS) is 11.5. The summed E-state index contributed by atoms with van der Waals surface area (Å²) in [5, 5.41) is 9.12. The van der Waals surface area contributed by atoms with Crippen LogP contribution in [0.25, 0.3) is 0 Å². The number of hydrogen-bond donors (Lipinski definition) is 3. The number of nitrogens with one attached hydrogen (secondary N) is 3. The molecule has 0 spiro atoms. The van der Waals surface area contributed by atoms with Crippen molar-refractivity contribution >= 4 is 11.9 Å². The molecule has 0 aliphatic rings. The van der Waals surface area contributed by atoms with Crippen LogP contribution in [-0.2, 0) is 9.53 Å². The van der Waals surface area contributed by atoms with Crippen molar-refractivity contribution in [3.63, 3.8) is 0 Å². The van der Waals surface area contributed by atoms with Gasteiger partial charge >= 0.3 is 0 Å². The molecule has 106 valence electrons. The average molecular weight is 258 g/mol. The maximum absolute atomic E-state index is 11.3. The Morgan fingerprint density at radius 3 is 2.33 bits per heavy atom. The van der Waals surface area contributed by atoms with E-state index < -0.39 is 0 Å². The topological polar surface area (TPSA) is 74.8 Å². The minimum Gasteiger partial charge on any atom is -0.385 e. The van der Waals surface area contributed by atoms with Gasteiger partial charge in [-0.05, 0) is 6.42 Å². The number of methoxy groups -OCH3 is 1. The smallest absolute Gasteiger partial charge is 0.222 e. The van der Waals surface area contributed by atoms with E-state index in [1.54, 1.807) is 14.2 Å². The Morgan fingerprint density at radius 1 is 1.17 bits per heavy atom. The molecular formula is C12H26N4O2. The van der Waals surface area contributed by atoms with Gasteiger partial charge in [0, 0.05) is 46.3 Å². The van der Waals surface area contributed by atoms with Crippen molar-refractivity contribution in [1.29, 1.82) is 0 Å². The molecule has 0 unspecified atom stereocenters. The molecule has 0 aromatic heterocycles. The van der Waals surface area contributed by atoms with E-state index >= 15 is 0 Å². The second kappa shape index (κ2) is 10.8. The Kier molecular flexibility index (Phi) is 10.0. The number of carbonyl (C=O) groups excluding carboxylic acids is 1. The summed E-state index contributed by atoms with van der Waals surface area (Å²) in [6, 6.07) is 0. The second-order valence-corrected chi connectivity index (χ2v) is 4.22. The average Bonchev–Trinajstić information content (AvgIpc) is 2.36. The van der Waals surface area contributed by atoms with E-state index in [-0.39, 0.29) is 11.8 Å². The number of guanidine groups is 1. The first-order valence-corrected chi connectivity index (χ1v) is 6.33. The van der Waals surface area contributed by atoms with Gasteiger partial charge in [-0.25, -0.2) is 0 Å². The fourth-order valence-corrected chi connectivity index (χ4v) is 1.21. The van der Waals surface area contributed by atoms with Gasteiger partial charge < -0.3 is 20.7 Å². The molecule has 18 heavy (non-hydrogen) atoms. The zero-order valence-electron chi connectivity index (χ0n) is 11.9. The van der Waals surface area contributed by atoms with E-state index in [0.29, 0.717) is 13.1 Å². The number of ether oxygens (including phenoxy) is 1. The van der Waals surface area contributed by atoms with E-state index in [0.717, 1.165) is 25.5 Å². The van der Waals surface area contributed by atoms with Crippen LogP contribution < -0.4 is 16.0 Å². The molecule has 0 radical (unpaired) electrons. The molecule has 3 N–H and O–H groups in total. The first kappa shape index (κ1) is 16.7. The molecule has 6 nitrogen and oxygen atoms in total. The predicted molar refractivity (Wildman–Crippen MR) is 73.7 cm³/mol. The van der Waals surface area contributed by atoms with Crippen molar-refractivity contribution in [2.24, 2.45) is 10.9 Å². The monoisotopic (exact) mass is 258 g/mol. The first-order chi connectivity index (χ1) is 8.61. The third-order valence-electron chi connectivity index (χ3n) is 2.28. The lowest BCUT2D eigenvalue weighted by molar-refractivity contribution is -0.123. The lowest BCUT2D eigenvalue weighted by Crippen LogP contribution is -2.42. The van der Waals surface area contributed by atoms with E-state index in [1.165, 1.54) is 0 Å². The lowest BCUT2D eigenvalue weighted by atomic mass is 10.2. The Balaban J connectivity index is 3.59. The number of carbonyl (C=O) groups is 1. The van der Waals surface area contributed by atoms with Crippen molar-refractivity contribution < 1.29 is 9.53 Å². The Hall–Kier alpha value is -1.30. The van der Waals surface area contributed by atoms with Crippen molar-refractivity contribution in [2.75, 3.05) is 40.4 Å². The van der Waals surface area contributed by atoms with Gasteiger partial charge in [0.25, 0.3) is 0 Å². The van der Waals surface area contributed by atoms with E-state index in [4.69, 9.17) is 4.74 Å². The van der Waals surface area contributed by atoms with Crippen molar-refractivity contribution in [3.8, 4) is 0 Å². The second-order valence-electron chi connectivity index (χ2n) is 4.22. The third-order valence-corrected chi connectivity index (χ3v) is 2.28. The van der Waals surface area contributed by atoms with Crippen LogP contribution in [0.15, 0.2) is 4.99 Å². The van der Waals surface area contributed by atoms with Gasteiger partial charge in [-0.2, -0.15) is 0 Å². The molecule has 0 saturated heterocycles. The fourth-order valence-electron chi connectivity index (χ4n) is 1.21. The molecule has 0 aliphatic heterocycles. The number of rotatable bonds is 8. The summed E-state index contributed by atoms with van der Waals surface area (Å²) in [7, 11) is 3.41. The van der Waals surface area contributed by atoms with Gasteiger partial charge in [0.05, 0.1) is 0 Å². The minimum absolute atomic E-state index is 0.0245. The van der Waals surface area contributed by atoms with Gasteiger partial charge in [-0.15, -0.1) is 0 Å². The van der Waals surface area contributed by atoms with Crippen LogP contribution in [0.4, 0.5) is 0 Å². The summed E-state index contributed by atoms with van der Waals surface area (Å²) < 4.78 is 4.96. The molecule has 0 aromatic rings. The van der Waals surface area contributed by atoms with Gasteiger partial charge in [-0.3, -0.25) is 9.79 Å². The van der Waals surface area contributed by atoms with Gasteiger partial charge in [0.1, 0.15) is 0 Å². The highest BCUT2D eigenvalue weighted by Crippen LogP contribution is 1.88. The molecule has 0 saturated carbocycles. The summed E-state index contributed by atoms with van der Waals surface area (Å²) in [4.78, 5) is 15.4. The van der Waals surface area contributed by atoms with E-state index in [2.05, 4.69) is 20.9 Å². The Labute approximate surface area is 110 Å². The summed E-state index contributed by atoms with van der Waals surface area (Å²) in [5.74, 6) is 0.834. The van der Waals surface area contributed by atoms with Gasteiger partial charge in [0.2, 0.25) is 5.91 Å². The number of nitrogens with zero attached hydrogens (tertiary/aromatic N) is 1. The number of amides is 1. The van der Waals surface area contributed by atoms with Crippen molar-refractivity contribution in [1.82, 2.24) is 16.0 Å². The molecule has 0 atom stereocenters. The number of aliphatic imine (C=N–C) groups is 1. The van der Waals surface area contributed by atoms with E-state index in [1.807, 2.05) is 13.8 Å². The van der Waals surface area contributed by atoms with Crippen LogP contribution in [0.5, 0.6) is 0 Å². The number of hydrogen-bond acceptors (Lipinski definition) is 3. The van der Waals surface area contributed by atoms with Crippen LogP contribution in [0.3, 0.4) is 0 Å². The molecule has 0 bridgehead atoms. The highest BCUT2D eigenvalue weighted by molar-refractivity contribution is 5.80. The molecular weight excluding hydrogens is 232 g/mol. The molecule has 0 rings (SSSR count). The standard InChI is InChI=1S/C12H26N4O2/c1-10(2)11(17)14-7-8-16-12(13-3)15-6-5-9-18-4/h10H,5-9H2,1-4H3,(H,14,17)(H2,13,15,16). The Morgan fingerprint density at radius 2 is 1.78 bits per heavy atom. The SMILES string of the molecule is CN=C(NCCCOC)NCCNC(=O)C(C)C. The van der Waals surface area contributed by atoms with Crippen LogP contribution in [0.1, 0.15) is 20.3 Å². The molecule has 0 fully saturated rings. The van der Waals surface area contributed by atoms with Gasteiger partial charge in [0.15, 0.2) is 5.96 Å². The molecule has 1 amide bonds. The maximum Gasteiger partial charge on any atom is 0.222 e. The summed E-state index contributed by atoms with van der Waals surface area (Å²) >= 11 is 0. The molecule has 6 heteroatoms.